The summed E-state index contributed by atoms with van der Waals surface area (Å²) in [5, 5.41) is 9.65. The minimum absolute atomic E-state index is 0.00305. The Hall–Kier alpha value is -1.56. The van der Waals surface area contributed by atoms with Gasteiger partial charge in [-0.15, -0.1) is 0 Å². The van der Waals surface area contributed by atoms with E-state index in [1.807, 2.05) is 0 Å². The van der Waals surface area contributed by atoms with Gasteiger partial charge in [-0.2, -0.15) is 0 Å². The summed E-state index contributed by atoms with van der Waals surface area (Å²) in [7, 11) is 0. The van der Waals surface area contributed by atoms with Crippen molar-refractivity contribution in [3.63, 3.8) is 0 Å². The Bertz CT molecular complexity index is 384. The topological polar surface area (TPSA) is 76.1 Å². The largest absolute Gasteiger partial charge is 0.503 e. The molecule has 1 amide bonds. The fourth-order valence-electron chi connectivity index (χ4n) is 2.18. The van der Waals surface area contributed by atoms with Gasteiger partial charge in [0, 0.05) is 13.2 Å². The molecule has 0 bridgehead atoms. The van der Waals surface area contributed by atoms with Crippen LogP contribution in [0.3, 0.4) is 0 Å². The summed E-state index contributed by atoms with van der Waals surface area (Å²) in [5.41, 5.74) is 0.0415. The number of aliphatic hydroxyl groups is 1. The predicted molar refractivity (Wildman–Crippen MR) is 61.8 cm³/mol. The third-order valence-corrected chi connectivity index (χ3v) is 3.09. The molecule has 1 fully saturated rings. The molecule has 6 heteroatoms. The number of carbonyl (C=O) groups is 2. The maximum Gasteiger partial charge on any atom is 0.339 e. The summed E-state index contributed by atoms with van der Waals surface area (Å²) >= 11 is 0. The maximum absolute atomic E-state index is 11.8. The van der Waals surface area contributed by atoms with Gasteiger partial charge in [0.25, 0.3) is 5.91 Å². The van der Waals surface area contributed by atoms with Crippen molar-refractivity contribution < 1.29 is 24.2 Å². The molecule has 0 aromatic rings. The van der Waals surface area contributed by atoms with Crippen LogP contribution in [0.4, 0.5) is 0 Å². The van der Waals surface area contributed by atoms with Crippen LogP contribution < -0.4 is 0 Å². The Morgan fingerprint density at radius 1 is 1.61 bits per heavy atom. The van der Waals surface area contributed by atoms with Crippen molar-refractivity contribution in [2.45, 2.75) is 25.9 Å². The van der Waals surface area contributed by atoms with Gasteiger partial charge in [-0.25, -0.2) is 4.79 Å². The average Bonchev–Trinajstić information content (AvgIpc) is 2.93. The van der Waals surface area contributed by atoms with Gasteiger partial charge in [-0.05, 0) is 19.8 Å². The second-order valence-corrected chi connectivity index (χ2v) is 4.37. The highest BCUT2D eigenvalue weighted by Gasteiger charge is 2.36. The molecule has 2 heterocycles. The van der Waals surface area contributed by atoms with Crippen molar-refractivity contribution in [2.75, 3.05) is 26.3 Å². The van der Waals surface area contributed by atoms with Crippen LogP contribution in [0.25, 0.3) is 0 Å². The molecule has 2 aliphatic heterocycles. The lowest BCUT2D eigenvalue weighted by Crippen LogP contribution is -2.35. The highest BCUT2D eigenvalue weighted by atomic mass is 16.5. The molecular formula is C12H17NO5. The number of esters is 1. The van der Waals surface area contributed by atoms with Crippen LogP contribution in [-0.4, -0.2) is 54.3 Å². The Morgan fingerprint density at radius 2 is 2.39 bits per heavy atom. The van der Waals surface area contributed by atoms with Crippen LogP contribution in [0.2, 0.25) is 0 Å². The van der Waals surface area contributed by atoms with Crippen molar-refractivity contribution >= 4 is 11.9 Å². The molecule has 0 radical (unpaired) electrons. The number of rotatable bonds is 4. The van der Waals surface area contributed by atoms with E-state index in [2.05, 4.69) is 0 Å². The molecule has 1 N–H and O–H groups in total. The van der Waals surface area contributed by atoms with Crippen LogP contribution >= 0.6 is 0 Å². The Morgan fingerprint density at radius 3 is 3.00 bits per heavy atom. The number of ether oxygens (including phenoxy) is 2. The standard InChI is InChI=1S/C12H17NO5/c1-2-17-12(16)9-7-13(11(15)10(9)14)6-8-4-3-5-18-8/h8,14H,2-7H2,1H3/t8-/m1/s1. The minimum Gasteiger partial charge on any atom is -0.503 e. The molecule has 18 heavy (non-hydrogen) atoms. The van der Waals surface area contributed by atoms with Crippen LogP contribution in [0.15, 0.2) is 11.3 Å². The first kappa shape index (κ1) is 12.9. The van der Waals surface area contributed by atoms with Gasteiger partial charge in [0.15, 0.2) is 5.76 Å². The molecule has 100 valence electrons. The lowest BCUT2D eigenvalue weighted by molar-refractivity contribution is -0.138. The smallest absolute Gasteiger partial charge is 0.339 e. The zero-order valence-corrected chi connectivity index (χ0v) is 10.3. The lowest BCUT2D eigenvalue weighted by Gasteiger charge is -2.19. The van der Waals surface area contributed by atoms with E-state index in [9.17, 15) is 14.7 Å². The van der Waals surface area contributed by atoms with E-state index in [0.29, 0.717) is 13.2 Å². The van der Waals surface area contributed by atoms with Crippen molar-refractivity contribution in [3.05, 3.63) is 11.3 Å². The fourth-order valence-corrected chi connectivity index (χ4v) is 2.18. The number of hydrogen-bond donors (Lipinski definition) is 1. The van der Waals surface area contributed by atoms with E-state index in [1.54, 1.807) is 6.92 Å². The lowest BCUT2D eigenvalue weighted by atomic mass is 10.2. The van der Waals surface area contributed by atoms with Gasteiger partial charge in [0.05, 0.1) is 19.3 Å². The molecular weight excluding hydrogens is 238 g/mol. The van der Waals surface area contributed by atoms with Gasteiger partial charge in [-0.1, -0.05) is 0 Å². The zero-order chi connectivity index (χ0) is 13.1. The van der Waals surface area contributed by atoms with Gasteiger partial charge >= 0.3 is 5.97 Å². The van der Waals surface area contributed by atoms with Gasteiger partial charge < -0.3 is 19.5 Å². The summed E-state index contributed by atoms with van der Waals surface area (Å²) in [6.07, 6.45) is 1.89. The Labute approximate surface area is 105 Å². The Kier molecular flexibility index (Phi) is 3.86. The highest BCUT2D eigenvalue weighted by molar-refractivity contribution is 6.05. The average molecular weight is 255 g/mol. The molecule has 2 aliphatic rings. The first-order valence-electron chi connectivity index (χ1n) is 6.13. The van der Waals surface area contributed by atoms with Gasteiger partial charge in [-0.3, -0.25) is 4.79 Å². The summed E-state index contributed by atoms with van der Waals surface area (Å²) in [4.78, 5) is 24.7. The van der Waals surface area contributed by atoms with Crippen LogP contribution in [0, 0.1) is 0 Å². The van der Waals surface area contributed by atoms with E-state index in [1.165, 1.54) is 4.90 Å². The Balaban J connectivity index is 1.98. The molecule has 0 spiro atoms. The maximum atomic E-state index is 11.8. The molecule has 1 atom stereocenters. The summed E-state index contributed by atoms with van der Waals surface area (Å²) in [5.74, 6) is -1.64. The van der Waals surface area contributed by atoms with E-state index >= 15 is 0 Å². The van der Waals surface area contributed by atoms with Crippen molar-refractivity contribution in [3.8, 4) is 0 Å². The summed E-state index contributed by atoms with van der Waals surface area (Å²) < 4.78 is 10.2. The SMILES string of the molecule is CCOC(=O)C1=C(O)C(=O)N(C[C@H]2CCCO2)C1. The number of aliphatic hydroxyl groups excluding tert-OH is 1. The first-order valence-corrected chi connectivity index (χ1v) is 6.13. The van der Waals surface area contributed by atoms with Crippen molar-refractivity contribution in [2.24, 2.45) is 0 Å². The quantitative estimate of drug-likeness (QED) is 0.735. The van der Waals surface area contributed by atoms with Gasteiger partial charge in [0.2, 0.25) is 0 Å². The highest BCUT2D eigenvalue weighted by Crippen LogP contribution is 2.21. The van der Waals surface area contributed by atoms with Gasteiger partial charge in [0.1, 0.15) is 5.57 Å². The monoisotopic (exact) mass is 255 g/mol. The number of hydrogen-bond acceptors (Lipinski definition) is 5. The second kappa shape index (κ2) is 5.39. The molecule has 0 aromatic heterocycles. The molecule has 0 aliphatic carbocycles. The van der Waals surface area contributed by atoms with E-state index in [4.69, 9.17) is 9.47 Å². The first-order chi connectivity index (χ1) is 8.63. The number of carbonyl (C=O) groups excluding carboxylic acids is 2. The normalized spacial score (nSPS) is 23.9. The van der Waals surface area contributed by atoms with E-state index in [0.717, 1.165) is 12.8 Å². The van der Waals surface area contributed by atoms with Crippen molar-refractivity contribution in [1.82, 2.24) is 4.90 Å². The minimum atomic E-state index is -0.627. The predicted octanol–water partition coefficient (Wildman–Crippen LogP) is 0.383. The molecule has 0 aromatic carbocycles. The van der Waals surface area contributed by atoms with Crippen LogP contribution in [0.1, 0.15) is 19.8 Å². The second-order valence-electron chi connectivity index (χ2n) is 4.37. The number of amides is 1. The number of nitrogens with zero attached hydrogens (tertiary/aromatic N) is 1. The zero-order valence-electron chi connectivity index (χ0n) is 10.3. The van der Waals surface area contributed by atoms with E-state index < -0.39 is 17.6 Å². The summed E-state index contributed by atoms with van der Waals surface area (Å²) in [6, 6.07) is 0. The van der Waals surface area contributed by atoms with E-state index in [-0.39, 0.29) is 24.8 Å². The van der Waals surface area contributed by atoms with Crippen LogP contribution in [0.5, 0.6) is 0 Å². The molecule has 2 rings (SSSR count). The van der Waals surface area contributed by atoms with Crippen molar-refractivity contribution in [1.29, 1.82) is 0 Å². The summed E-state index contributed by atoms with van der Waals surface area (Å²) in [6.45, 7) is 3.11. The molecule has 6 nitrogen and oxygen atoms in total. The molecule has 0 unspecified atom stereocenters. The molecule has 0 saturated carbocycles. The fraction of sp³-hybridized carbons (Fsp3) is 0.667. The van der Waals surface area contributed by atoms with Crippen LogP contribution in [-0.2, 0) is 19.1 Å². The third kappa shape index (κ3) is 2.48. The third-order valence-electron chi connectivity index (χ3n) is 3.09. The molecule has 1 saturated heterocycles.